The van der Waals surface area contributed by atoms with E-state index in [1.165, 1.54) is 18.0 Å². The minimum Gasteiger partial charge on any atom is -0.481 e. The molecule has 0 aliphatic carbocycles. The van der Waals surface area contributed by atoms with Gasteiger partial charge in [-0.1, -0.05) is 18.2 Å². The second-order valence-electron chi connectivity index (χ2n) is 4.26. The number of hydrogen-bond donors (Lipinski definition) is 2. The Balaban J connectivity index is 2.57. The largest absolute Gasteiger partial charge is 0.481 e. The zero-order chi connectivity index (χ0) is 14.4. The van der Waals surface area contributed by atoms with Crippen LogP contribution in [0.2, 0.25) is 0 Å². The van der Waals surface area contributed by atoms with Crippen molar-refractivity contribution < 1.29 is 19.1 Å². The number of aliphatic carboxylic acids is 1. The predicted molar refractivity (Wildman–Crippen MR) is 68.2 cm³/mol. The predicted octanol–water partition coefficient (Wildman–Crippen LogP) is 2.00. The molecule has 2 amide bonds. The van der Waals surface area contributed by atoms with E-state index in [1.54, 1.807) is 25.1 Å². The standard InChI is InChI=1S/C13H17FN2O3/c1-9(10-5-3-4-6-11(10)14)15-13(19)16(2)8-7-12(17)18/h3-6,9H,7-8H2,1-2H3,(H,15,19)(H,17,18). The Bertz CT molecular complexity index is 465. The van der Waals surface area contributed by atoms with Crippen LogP contribution >= 0.6 is 0 Å². The molecule has 5 nitrogen and oxygen atoms in total. The smallest absolute Gasteiger partial charge is 0.317 e. The summed E-state index contributed by atoms with van der Waals surface area (Å²) in [5, 5.41) is 11.1. The molecule has 2 N–H and O–H groups in total. The topological polar surface area (TPSA) is 69.6 Å². The van der Waals surface area contributed by atoms with Gasteiger partial charge in [-0.15, -0.1) is 0 Å². The summed E-state index contributed by atoms with van der Waals surface area (Å²) in [6, 6.07) is 5.27. The van der Waals surface area contributed by atoms with Crippen molar-refractivity contribution in [2.45, 2.75) is 19.4 Å². The summed E-state index contributed by atoms with van der Waals surface area (Å²) in [5.41, 5.74) is 0.391. The molecule has 0 heterocycles. The Morgan fingerprint density at radius 1 is 1.42 bits per heavy atom. The molecule has 0 radical (unpaired) electrons. The third kappa shape index (κ3) is 4.57. The normalized spacial score (nSPS) is 11.7. The molecule has 1 atom stereocenters. The van der Waals surface area contributed by atoms with Crippen molar-refractivity contribution in [1.82, 2.24) is 10.2 Å². The molecule has 0 aliphatic rings. The van der Waals surface area contributed by atoms with Gasteiger partial charge in [-0.2, -0.15) is 0 Å². The highest BCUT2D eigenvalue weighted by molar-refractivity contribution is 5.75. The van der Waals surface area contributed by atoms with Gasteiger partial charge < -0.3 is 15.3 Å². The van der Waals surface area contributed by atoms with Crippen LogP contribution < -0.4 is 5.32 Å². The van der Waals surface area contributed by atoms with E-state index in [4.69, 9.17) is 5.11 Å². The van der Waals surface area contributed by atoms with E-state index < -0.39 is 18.0 Å². The van der Waals surface area contributed by atoms with Crippen LogP contribution in [0.5, 0.6) is 0 Å². The summed E-state index contributed by atoms with van der Waals surface area (Å²) in [6.07, 6.45) is -0.127. The van der Waals surface area contributed by atoms with E-state index in [0.29, 0.717) is 5.56 Å². The van der Waals surface area contributed by atoms with Gasteiger partial charge in [-0.3, -0.25) is 4.79 Å². The molecule has 19 heavy (non-hydrogen) atoms. The van der Waals surface area contributed by atoms with Gasteiger partial charge in [0.2, 0.25) is 0 Å². The Hall–Kier alpha value is -2.11. The van der Waals surface area contributed by atoms with E-state index in [0.717, 1.165) is 0 Å². The first kappa shape index (κ1) is 14.9. The average Bonchev–Trinajstić information content (AvgIpc) is 2.36. The highest BCUT2D eigenvalue weighted by Gasteiger charge is 2.16. The molecule has 0 aliphatic heterocycles. The molecule has 1 aromatic rings. The van der Waals surface area contributed by atoms with Crippen molar-refractivity contribution >= 4 is 12.0 Å². The summed E-state index contributed by atoms with van der Waals surface area (Å²) >= 11 is 0. The molecule has 0 spiro atoms. The van der Waals surface area contributed by atoms with Crippen LogP contribution in [0.1, 0.15) is 24.9 Å². The number of amides is 2. The highest BCUT2D eigenvalue weighted by Crippen LogP contribution is 2.16. The van der Waals surface area contributed by atoms with Gasteiger partial charge in [0.1, 0.15) is 5.82 Å². The first-order valence-electron chi connectivity index (χ1n) is 5.89. The minimum absolute atomic E-state index is 0.102. The molecule has 1 unspecified atom stereocenters. The number of rotatable bonds is 5. The van der Waals surface area contributed by atoms with Gasteiger partial charge in [0.25, 0.3) is 0 Å². The fourth-order valence-corrected chi connectivity index (χ4v) is 1.56. The van der Waals surface area contributed by atoms with Crippen LogP contribution in [-0.2, 0) is 4.79 Å². The number of hydrogen-bond acceptors (Lipinski definition) is 2. The van der Waals surface area contributed by atoms with Gasteiger partial charge >= 0.3 is 12.0 Å². The second kappa shape index (κ2) is 6.72. The van der Waals surface area contributed by atoms with E-state index in [2.05, 4.69) is 5.32 Å². The zero-order valence-electron chi connectivity index (χ0n) is 10.9. The summed E-state index contributed by atoms with van der Waals surface area (Å²) in [4.78, 5) is 23.4. The quantitative estimate of drug-likeness (QED) is 0.858. The van der Waals surface area contributed by atoms with Crippen LogP contribution in [0.3, 0.4) is 0 Å². The summed E-state index contributed by atoms with van der Waals surface area (Å²) in [7, 11) is 1.49. The van der Waals surface area contributed by atoms with E-state index in [9.17, 15) is 14.0 Å². The average molecular weight is 268 g/mol. The van der Waals surface area contributed by atoms with Crippen molar-refractivity contribution in [2.24, 2.45) is 0 Å². The molecule has 0 fully saturated rings. The first-order chi connectivity index (χ1) is 8.91. The highest BCUT2D eigenvalue weighted by atomic mass is 19.1. The van der Waals surface area contributed by atoms with Gasteiger partial charge in [-0.05, 0) is 13.0 Å². The molecular weight excluding hydrogens is 251 g/mol. The Morgan fingerprint density at radius 2 is 2.05 bits per heavy atom. The molecule has 0 bridgehead atoms. The minimum atomic E-state index is -0.971. The molecule has 0 saturated carbocycles. The maximum Gasteiger partial charge on any atom is 0.317 e. The second-order valence-corrected chi connectivity index (χ2v) is 4.26. The number of carbonyl (C=O) groups is 2. The zero-order valence-corrected chi connectivity index (χ0v) is 10.9. The maximum absolute atomic E-state index is 13.5. The lowest BCUT2D eigenvalue weighted by molar-refractivity contribution is -0.137. The molecule has 0 saturated heterocycles. The van der Waals surface area contributed by atoms with E-state index in [1.807, 2.05) is 0 Å². The molecule has 0 aromatic heterocycles. The lowest BCUT2D eigenvalue weighted by Crippen LogP contribution is -2.39. The van der Waals surface area contributed by atoms with Crippen LogP contribution in [0.15, 0.2) is 24.3 Å². The molecular formula is C13H17FN2O3. The molecule has 1 aromatic carbocycles. The van der Waals surface area contributed by atoms with Crippen molar-refractivity contribution in [3.63, 3.8) is 0 Å². The van der Waals surface area contributed by atoms with Crippen LogP contribution in [-0.4, -0.2) is 35.6 Å². The fourth-order valence-electron chi connectivity index (χ4n) is 1.56. The van der Waals surface area contributed by atoms with Crippen molar-refractivity contribution in [2.75, 3.05) is 13.6 Å². The first-order valence-corrected chi connectivity index (χ1v) is 5.89. The molecule has 104 valence electrons. The van der Waals surface area contributed by atoms with Crippen LogP contribution in [0.25, 0.3) is 0 Å². The summed E-state index contributed by atoms with van der Waals surface area (Å²) in [5.74, 6) is -1.36. The lowest BCUT2D eigenvalue weighted by atomic mass is 10.1. The van der Waals surface area contributed by atoms with E-state index in [-0.39, 0.29) is 18.8 Å². The van der Waals surface area contributed by atoms with Crippen molar-refractivity contribution in [3.8, 4) is 0 Å². The Kier molecular flexibility index (Phi) is 5.29. The number of nitrogens with one attached hydrogen (secondary N) is 1. The number of carboxylic acids is 1. The van der Waals surface area contributed by atoms with Gasteiger partial charge in [0.15, 0.2) is 0 Å². The fraction of sp³-hybridized carbons (Fsp3) is 0.385. The Morgan fingerprint density at radius 3 is 2.63 bits per heavy atom. The SMILES string of the molecule is CC(NC(=O)N(C)CCC(=O)O)c1ccccc1F. The van der Waals surface area contributed by atoms with Crippen molar-refractivity contribution in [3.05, 3.63) is 35.6 Å². The van der Waals surface area contributed by atoms with Crippen molar-refractivity contribution in [1.29, 1.82) is 0 Å². The monoisotopic (exact) mass is 268 g/mol. The van der Waals surface area contributed by atoms with Gasteiger partial charge in [0, 0.05) is 19.2 Å². The van der Waals surface area contributed by atoms with Gasteiger partial charge in [0.05, 0.1) is 12.5 Å². The van der Waals surface area contributed by atoms with Crippen LogP contribution in [0, 0.1) is 5.82 Å². The number of urea groups is 1. The summed E-state index contributed by atoms with van der Waals surface area (Å²) in [6.45, 7) is 1.77. The van der Waals surface area contributed by atoms with E-state index >= 15 is 0 Å². The molecule has 6 heteroatoms. The number of nitrogens with zero attached hydrogens (tertiary/aromatic N) is 1. The number of halogens is 1. The third-order valence-corrected chi connectivity index (χ3v) is 2.72. The maximum atomic E-state index is 13.5. The van der Waals surface area contributed by atoms with Gasteiger partial charge in [-0.25, -0.2) is 9.18 Å². The third-order valence-electron chi connectivity index (χ3n) is 2.72. The Labute approximate surface area is 111 Å². The number of benzene rings is 1. The summed E-state index contributed by atoms with van der Waals surface area (Å²) < 4.78 is 13.5. The van der Waals surface area contributed by atoms with Crippen LogP contribution in [0.4, 0.5) is 9.18 Å². The molecule has 1 rings (SSSR count). The number of carbonyl (C=O) groups excluding carboxylic acids is 1. The number of carboxylic acid groups (broad SMARTS) is 1. The lowest BCUT2D eigenvalue weighted by Gasteiger charge is -2.21.